The zero-order valence-corrected chi connectivity index (χ0v) is 19.4. The number of carbonyl (C=O) groups is 2. The van der Waals surface area contributed by atoms with Gasteiger partial charge in [-0.15, -0.1) is 0 Å². The number of carboxylic acid groups (broad SMARTS) is 1. The number of carbonyl (C=O) groups excluding carboxylic acids is 1. The number of pyridine rings is 1. The van der Waals surface area contributed by atoms with Crippen LogP contribution in [0.1, 0.15) is 30.1 Å². The minimum absolute atomic E-state index is 0.00734. The lowest BCUT2D eigenvalue weighted by Gasteiger charge is -2.34. The summed E-state index contributed by atoms with van der Waals surface area (Å²) in [6.07, 6.45) is 6.53. The number of ether oxygens (including phenoxy) is 2. The number of carboxylic acids is 1. The van der Waals surface area contributed by atoms with Crippen molar-refractivity contribution in [2.24, 2.45) is 0 Å². The lowest BCUT2D eigenvalue weighted by atomic mass is 10.0. The number of nitrogens with one attached hydrogen (secondary N) is 1. The van der Waals surface area contributed by atoms with Crippen LogP contribution in [0, 0.1) is 0 Å². The third kappa shape index (κ3) is 6.38. The molecule has 1 amide bonds. The maximum absolute atomic E-state index is 12.0. The second-order valence-corrected chi connectivity index (χ2v) is 8.13. The Labute approximate surface area is 203 Å². The van der Waals surface area contributed by atoms with Crippen LogP contribution in [0.2, 0.25) is 0 Å². The minimum Gasteiger partial charge on any atom is -0.477 e. The standard InChI is InChI=1S/C27H27N3O5/c1-2-7-25(31)29-19-8-6-15-30(18-19)20-16-24(27(32)33)26(28-17-20)35-23-13-11-22(12-14-23)34-21-9-4-3-5-10-21/h2-5,7,9-14,16-17,19H,6,8,15,18H2,1H3,(H,29,31)(H,32,33)/b7-2+. The number of amides is 1. The number of para-hydroxylation sites is 1. The molecule has 0 saturated carbocycles. The molecule has 0 spiro atoms. The first-order chi connectivity index (χ1) is 17.0. The largest absolute Gasteiger partial charge is 0.477 e. The highest BCUT2D eigenvalue weighted by Gasteiger charge is 2.23. The van der Waals surface area contributed by atoms with Gasteiger partial charge in [-0.25, -0.2) is 9.78 Å². The molecule has 4 rings (SSSR count). The highest BCUT2D eigenvalue weighted by Crippen LogP contribution is 2.30. The van der Waals surface area contributed by atoms with Crippen LogP contribution in [0.15, 0.2) is 79.0 Å². The molecular formula is C27H27N3O5. The predicted octanol–water partition coefficient (Wildman–Crippen LogP) is 5.03. The first-order valence-corrected chi connectivity index (χ1v) is 11.4. The number of allylic oxidation sites excluding steroid dienone is 1. The zero-order valence-electron chi connectivity index (χ0n) is 19.4. The van der Waals surface area contributed by atoms with Gasteiger partial charge in [0.25, 0.3) is 0 Å². The topological polar surface area (TPSA) is 101 Å². The summed E-state index contributed by atoms with van der Waals surface area (Å²) in [6.45, 7) is 3.12. The van der Waals surface area contributed by atoms with E-state index in [2.05, 4.69) is 10.3 Å². The monoisotopic (exact) mass is 473 g/mol. The molecule has 2 aromatic carbocycles. The normalized spacial score (nSPS) is 15.6. The van der Waals surface area contributed by atoms with Crippen molar-refractivity contribution in [2.75, 3.05) is 18.0 Å². The number of rotatable bonds is 8. The van der Waals surface area contributed by atoms with Crippen LogP contribution in [-0.4, -0.2) is 41.1 Å². The molecule has 1 atom stereocenters. The highest BCUT2D eigenvalue weighted by atomic mass is 16.5. The van der Waals surface area contributed by atoms with Gasteiger partial charge in [-0.1, -0.05) is 24.3 Å². The average molecular weight is 474 g/mol. The first kappa shape index (κ1) is 23.8. The van der Waals surface area contributed by atoms with Crippen molar-refractivity contribution in [3.63, 3.8) is 0 Å². The number of aromatic carboxylic acids is 1. The van der Waals surface area contributed by atoms with E-state index in [9.17, 15) is 14.7 Å². The number of hydrogen-bond acceptors (Lipinski definition) is 6. The van der Waals surface area contributed by atoms with Gasteiger partial charge in [0.05, 0.1) is 11.9 Å². The first-order valence-electron chi connectivity index (χ1n) is 11.4. The maximum Gasteiger partial charge on any atom is 0.341 e. The molecule has 0 radical (unpaired) electrons. The smallest absolute Gasteiger partial charge is 0.341 e. The molecule has 0 aliphatic carbocycles. The Balaban J connectivity index is 1.46. The van der Waals surface area contributed by atoms with Gasteiger partial charge in [0, 0.05) is 19.1 Å². The van der Waals surface area contributed by atoms with Crippen molar-refractivity contribution in [2.45, 2.75) is 25.8 Å². The Morgan fingerprint density at radius 2 is 1.74 bits per heavy atom. The van der Waals surface area contributed by atoms with E-state index < -0.39 is 5.97 Å². The summed E-state index contributed by atoms with van der Waals surface area (Å²) in [5, 5.41) is 12.8. The maximum atomic E-state index is 12.0. The van der Waals surface area contributed by atoms with E-state index in [1.165, 1.54) is 6.08 Å². The SMILES string of the molecule is C/C=C/C(=O)NC1CCCN(c2cnc(Oc3ccc(Oc4ccccc4)cc3)c(C(=O)O)c2)C1. The molecule has 3 aromatic rings. The molecular weight excluding hydrogens is 446 g/mol. The number of nitrogens with zero attached hydrogens (tertiary/aromatic N) is 2. The number of hydrogen-bond donors (Lipinski definition) is 2. The Bertz CT molecular complexity index is 1200. The summed E-state index contributed by atoms with van der Waals surface area (Å²) in [7, 11) is 0. The van der Waals surface area contributed by atoms with E-state index >= 15 is 0 Å². The third-order valence-electron chi connectivity index (χ3n) is 5.54. The quantitative estimate of drug-likeness (QED) is 0.443. The van der Waals surface area contributed by atoms with Gasteiger partial charge in [0.2, 0.25) is 11.8 Å². The Hall–Kier alpha value is -4.33. The van der Waals surface area contributed by atoms with Gasteiger partial charge in [0.15, 0.2) is 0 Å². The van der Waals surface area contributed by atoms with Gasteiger partial charge in [-0.2, -0.15) is 0 Å². The molecule has 8 nitrogen and oxygen atoms in total. The average Bonchev–Trinajstić information content (AvgIpc) is 2.86. The Morgan fingerprint density at radius 3 is 2.43 bits per heavy atom. The van der Waals surface area contributed by atoms with E-state index in [4.69, 9.17) is 9.47 Å². The summed E-state index contributed by atoms with van der Waals surface area (Å²) in [6, 6.07) is 17.8. The fourth-order valence-corrected chi connectivity index (χ4v) is 3.89. The number of anilines is 1. The highest BCUT2D eigenvalue weighted by molar-refractivity contribution is 5.91. The van der Waals surface area contributed by atoms with E-state index in [-0.39, 0.29) is 23.4 Å². The van der Waals surface area contributed by atoms with Gasteiger partial charge in [-0.3, -0.25) is 4.79 Å². The van der Waals surface area contributed by atoms with E-state index in [1.807, 2.05) is 35.2 Å². The molecule has 1 aliphatic rings. The minimum atomic E-state index is -1.13. The van der Waals surface area contributed by atoms with Crippen LogP contribution in [0.25, 0.3) is 0 Å². The van der Waals surface area contributed by atoms with Crippen molar-refractivity contribution in [1.82, 2.24) is 10.3 Å². The lowest BCUT2D eigenvalue weighted by Crippen LogP contribution is -2.47. The molecule has 1 unspecified atom stereocenters. The molecule has 0 bridgehead atoms. The van der Waals surface area contributed by atoms with Crippen molar-refractivity contribution < 1.29 is 24.2 Å². The third-order valence-corrected chi connectivity index (χ3v) is 5.54. The fourth-order valence-electron chi connectivity index (χ4n) is 3.89. The molecule has 2 N–H and O–H groups in total. The van der Waals surface area contributed by atoms with Crippen molar-refractivity contribution in [1.29, 1.82) is 0 Å². The van der Waals surface area contributed by atoms with Crippen LogP contribution < -0.4 is 19.7 Å². The Kier molecular flexibility index (Phi) is 7.62. The molecule has 35 heavy (non-hydrogen) atoms. The summed E-state index contributed by atoms with van der Waals surface area (Å²) < 4.78 is 11.6. The Morgan fingerprint density at radius 1 is 1.06 bits per heavy atom. The van der Waals surface area contributed by atoms with Crippen LogP contribution in [0.4, 0.5) is 5.69 Å². The molecule has 2 heterocycles. The van der Waals surface area contributed by atoms with E-state index in [1.54, 1.807) is 49.5 Å². The predicted molar refractivity (Wildman–Crippen MR) is 132 cm³/mol. The van der Waals surface area contributed by atoms with Gasteiger partial charge in [-0.05, 0) is 68.3 Å². The number of benzene rings is 2. The van der Waals surface area contributed by atoms with Gasteiger partial charge in [0.1, 0.15) is 22.8 Å². The fraction of sp³-hybridized carbons (Fsp3) is 0.222. The van der Waals surface area contributed by atoms with Crippen molar-refractivity contribution in [3.8, 4) is 23.1 Å². The molecule has 1 aromatic heterocycles. The van der Waals surface area contributed by atoms with Gasteiger partial charge >= 0.3 is 5.97 Å². The molecule has 180 valence electrons. The molecule has 1 saturated heterocycles. The van der Waals surface area contributed by atoms with E-state index in [0.717, 1.165) is 19.4 Å². The van der Waals surface area contributed by atoms with Crippen molar-refractivity contribution >= 4 is 17.6 Å². The summed E-state index contributed by atoms with van der Waals surface area (Å²) in [5.74, 6) is 0.534. The van der Waals surface area contributed by atoms with Gasteiger partial charge < -0.3 is 24.8 Å². The van der Waals surface area contributed by atoms with Crippen LogP contribution in [-0.2, 0) is 4.79 Å². The second-order valence-electron chi connectivity index (χ2n) is 8.13. The summed E-state index contributed by atoms with van der Waals surface area (Å²) >= 11 is 0. The summed E-state index contributed by atoms with van der Waals surface area (Å²) in [4.78, 5) is 30.2. The lowest BCUT2D eigenvalue weighted by molar-refractivity contribution is -0.117. The molecule has 1 aliphatic heterocycles. The molecule has 1 fully saturated rings. The second kappa shape index (κ2) is 11.2. The van der Waals surface area contributed by atoms with Crippen LogP contribution in [0.3, 0.4) is 0 Å². The molecule has 8 heteroatoms. The van der Waals surface area contributed by atoms with Crippen LogP contribution in [0.5, 0.6) is 23.1 Å². The number of piperidine rings is 1. The summed E-state index contributed by atoms with van der Waals surface area (Å²) in [5.41, 5.74) is 0.638. The van der Waals surface area contributed by atoms with Crippen molar-refractivity contribution in [3.05, 3.63) is 84.6 Å². The zero-order chi connectivity index (χ0) is 24.6. The van der Waals surface area contributed by atoms with Crippen LogP contribution >= 0.6 is 0 Å². The number of aromatic nitrogens is 1. The van der Waals surface area contributed by atoms with E-state index in [0.29, 0.717) is 29.5 Å².